The van der Waals surface area contributed by atoms with E-state index < -0.39 is 0 Å². The maximum atomic E-state index is 13.4. The molecule has 0 radical (unpaired) electrons. The van der Waals surface area contributed by atoms with Crippen LogP contribution in [0.4, 0.5) is 0 Å². The van der Waals surface area contributed by atoms with E-state index in [-0.39, 0.29) is 21.7 Å². The first-order valence-corrected chi connectivity index (χ1v) is 14.8. The maximum absolute atomic E-state index is 13.4. The smallest absolute Gasteiger partial charge is 0.288 e. The number of hydrogen-bond donors (Lipinski definition) is 0. The average molecular weight is 563 g/mol. The second-order valence-corrected chi connectivity index (χ2v) is 8.48. The van der Waals surface area contributed by atoms with E-state index in [1.807, 2.05) is 55.4 Å². The van der Waals surface area contributed by atoms with Crippen molar-refractivity contribution >= 4 is 65.2 Å². The van der Waals surface area contributed by atoms with Crippen molar-refractivity contribution in [3.63, 3.8) is 0 Å². The summed E-state index contributed by atoms with van der Waals surface area (Å²) in [5, 5.41) is 2.76. The van der Waals surface area contributed by atoms with Crippen molar-refractivity contribution in [2.75, 3.05) is 0 Å². The molecule has 0 unspecified atom stereocenters. The number of aromatic nitrogens is 2. The van der Waals surface area contributed by atoms with Crippen molar-refractivity contribution in [1.82, 2.24) is 0 Å². The van der Waals surface area contributed by atoms with Gasteiger partial charge in [0.15, 0.2) is 10.9 Å². The van der Waals surface area contributed by atoms with E-state index in [0.717, 1.165) is 0 Å². The Bertz CT molecular complexity index is 2100. The van der Waals surface area contributed by atoms with Crippen molar-refractivity contribution < 1.29 is 9.97 Å². The summed E-state index contributed by atoms with van der Waals surface area (Å²) in [5.74, 6) is 0. The topological polar surface area (TPSA) is 96.6 Å². The number of hydrogen-bond acceptors (Lipinski definition) is 4. The Labute approximate surface area is 244 Å². The Balaban J connectivity index is 0.000000561. The van der Waals surface area contributed by atoms with Gasteiger partial charge in [0, 0.05) is 44.5 Å². The van der Waals surface area contributed by atoms with Crippen LogP contribution in [0.5, 0.6) is 0 Å². The Kier molecular flexibility index (Phi) is 10.3. The van der Waals surface area contributed by atoms with Crippen molar-refractivity contribution in [3.8, 4) is 0 Å². The van der Waals surface area contributed by atoms with Crippen LogP contribution in [0, 0.1) is 0 Å². The van der Waals surface area contributed by atoms with Gasteiger partial charge in [0.1, 0.15) is 10.8 Å². The fourth-order valence-electron chi connectivity index (χ4n) is 5.11. The molecule has 7 aromatic rings. The van der Waals surface area contributed by atoms with Crippen molar-refractivity contribution in [1.29, 1.82) is 0 Å². The van der Waals surface area contributed by atoms with Crippen LogP contribution in [0.15, 0.2) is 92.0 Å². The molecule has 0 aliphatic rings. The van der Waals surface area contributed by atoms with Crippen molar-refractivity contribution in [2.45, 2.75) is 55.4 Å². The second kappa shape index (κ2) is 13.7. The van der Waals surface area contributed by atoms with Crippen LogP contribution in [-0.2, 0) is 0 Å². The van der Waals surface area contributed by atoms with Gasteiger partial charge in [-0.2, -0.15) is 9.97 Å². The van der Waals surface area contributed by atoms with Gasteiger partial charge < -0.3 is 0 Å². The highest BCUT2D eigenvalue weighted by atomic mass is 16.1. The third kappa shape index (κ3) is 4.94. The molecule has 6 aromatic carbocycles. The molecule has 214 valence electrons. The molecule has 42 heavy (non-hydrogen) atoms. The lowest BCUT2D eigenvalue weighted by Gasteiger charge is -2.02. The molecule has 0 fully saturated rings. The molecule has 0 atom stereocenters. The van der Waals surface area contributed by atoms with E-state index >= 15 is 0 Å². The van der Waals surface area contributed by atoms with Gasteiger partial charge in [0.25, 0.3) is 22.1 Å². The highest BCUT2D eigenvalue weighted by molar-refractivity contribution is 6.10. The first-order chi connectivity index (χ1) is 20.5. The van der Waals surface area contributed by atoms with Crippen LogP contribution in [0.1, 0.15) is 55.4 Å². The van der Waals surface area contributed by atoms with Gasteiger partial charge in [-0.15, -0.1) is 0 Å². The first kappa shape index (κ1) is 31.7. The minimum Gasteiger partial charge on any atom is -0.289 e. The molecule has 0 spiro atoms. The predicted molar refractivity (Wildman–Crippen MR) is 177 cm³/mol. The minimum atomic E-state index is -0.238. The molecular weight excluding hydrogens is 524 g/mol. The molecule has 0 aliphatic carbocycles. The van der Waals surface area contributed by atoms with E-state index in [1.54, 1.807) is 72.8 Å². The zero-order valence-electron chi connectivity index (χ0n) is 25.6. The lowest BCUT2D eigenvalue weighted by Crippen LogP contribution is -2.23. The number of aromatic amines is 2. The third-order valence-electron chi connectivity index (χ3n) is 6.71. The van der Waals surface area contributed by atoms with E-state index in [1.165, 1.54) is 0 Å². The van der Waals surface area contributed by atoms with E-state index in [2.05, 4.69) is 9.97 Å². The van der Waals surface area contributed by atoms with Crippen LogP contribution in [0.3, 0.4) is 0 Å². The van der Waals surface area contributed by atoms with Gasteiger partial charge in [-0.3, -0.25) is 19.2 Å². The van der Waals surface area contributed by atoms with Gasteiger partial charge in [-0.1, -0.05) is 104 Å². The third-order valence-corrected chi connectivity index (χ3v) is 6.71. The summed E-state index contributed by atoms with van der Waals surface area (Å²) in [6, 6.07) is 20.3. The lowest BCUT2D eigenvalue weighted by atomic mass is 9.99. The zero-order valence-corrected chi connectivity index (χ0v) is 25.6. The summed E-state index contributed by atoms with van der Waals surface area (Å²) in [7, 11) is 0. The van der Waals surface area contributed by atoms with Crippen LogP contribution in [0.2, 0.25) is 0 Å². The number of fused-ring (bicyclic) bond motifs is 8. The summed E-state index contributed by atoms with van der Waals surface area (Å²) < 4.78 is 0. The number of rotatable bonds is 0. The summed E-state index contributed by atoms with van der Waals surface area (Å²) in [5.41, 5.74) is 1.18. The quantitative estimate of drug-likeness (QED) is 0.153. The highest BCUT2D eigenvalue weighted by Gasteiger charge is 2.25. The Morgan fingerprint density at radius 2 is 0.643 bits per heavy atom. The SMILES string of the molecule is CC.CC.CC.CC.O=c1c2ccccc2c(=O)c2c1ccc1[nH+]c3c(ccc4c(=O)c5ccccc5c(=O)c43)[nH+]c12. The van der Waals surface area contributed by atoms with Gasteiger partial charge >= 0.3 is 0 Å². The second-order valence-electron chi connectivity index (χ2n) is 8.48. The Hall–Kier alpha value is -4.84. The fraction of sp³-hybridized carbons (Fsp3) is 0.222. The molecular formula is C36H38N2O4+2. The summed E-state index contributed by atoms with van der Waals surface area (Å²) in [4.78, 5) is 59.5. The molecule has 0 bridgehead atoms. The first-order valence-electron chi connectivity index (χ1n) is 14.8. The summed E-state index contributed by atoms with van der Waals surface area (Å²) >= 11 is 0. The standard InChI is InChI=1S/C28H12N2O4.4C2H6/c31-25-13-5-1-3-7-15(13)27(33)21-17(25)9-11-19-23(21)29-20-12-10-18-22(24(20)30-19)28(34)16-8-4-2-6-14(16)26(18)32;4*1-2/h1-12H;4*1-2H3/p+2. The van der Waals surface area contributed by atoms with Gasteiger partial charge in [-0.25, -0.2) is 0 Å². The van der Waals surface area contributed by atoms with Crippen LogP contribution >= 0.6 is 0 Å². The number of nitrogens with one attached hydrogen (secondary N) is 2. The van der Waals surface area contributed by atoms with Crippen LogP contribution in [0.25, 0.3) is 65.2 Å². The molecule has 6 nitrogen and oxygen atoms in total. The number of H-pyrrole nitrogens is 2. The highest BCUT2D eigenvalue weighted by Crippen LogP contribution is 2.22. The van der Waals surface area contributed by atoms with E-state index in [9.17, 15) is 19.2 Å². The molecule has 6 heteroatoms. The Morgan fingerprint density at radius 1 is 0.357 bits per heavy atom. The molecule has 0 aliphatic heterocycles. The van der Waals surface area contributed by atoms with E-state index in [0.29, 0.717) is 65.2 Å². The molecule has 2 N–H and O–H groups in total. The Morgan fingerprint density at radius 3 is 0.952 bits per heavy atom. The molecule has 0 saturated heterocycles. The summed E-state index contributed by atoms with van der Waals surface area (Å²) in [6.07, 6.45) is 0. The number of benzene rings is 6. The van der Waals surface area contributed by atoms with Gasteiger partial charge in [0.2, 0.25) is 10.9 Å². The van der Waals surface area contributed by atoms with Crippen molar-refractivity contribution in [2.24, 2.45) is 0 Å². The largest absolute Gasteiger partial charge is 0.289 e. The van der Waals surface area contributed by atoms with Gasteiger partial charge in [0.05, 0.1) is 0 Å². The van der Waals surface area contributed by atoms with Gasteiger partial charge in [-0.05, 0) is 12.1 Å². The zero-order chi connectivity index (χ0) is 31.1. The molecule has 0 saturated carbocycles. The average Bonchev–Trinajstić information content (AvgIpc) is 3.08. The predicted octanol–water partition coefficient (Wildman–Crippen LogP) is 6.66. The maximum Gasteiger partial charge on any atom is 0.288 e. The molecule has 1 aromatic heterocycles. The normalized spacial score (nSPS) is 10.3. The molecule has 7 rings (SSSR count). The lowest BCUT2D eigenvalue weighted by molar-refractivity contribution is -0.359. The van der Waals surface area contributed by atoms with Crippen molar-refractivity contribution in [3.05, 3.63) is 114 Å². The molecule has 1 heterocycles. The van der Waals surface area contributed by atoms with E-state index in [4.69, 9.17) is 0 Å². The van der Waals surface area contributed by atoms with Crippen LogP contribution < -0.4 is 31.7 Å². The fourth-order valence-corrected chi connectivity index (χ4v) is 5.11. The minimum absolute atomic E-state index is 0.205. The monoisotopic (exact) mass is 562 g/mol. The molecule has 0 amide bonds. The summed E-state index contributed by atoms with van der Waals surface area (Å²) in [6.45, 7) is 16.0. The van der Waals surface area contributed by atoms with Crippen LogP contribution in [-0.4, -0.2) is 0 Å².